The molecule has 1 atom stereocenters. The van der Waals surface area contributed by atoms with Crippen molar-refractivity contribution in [1.29, 1.82) is 5.26 Å². The van der Waals surface area contributed by atoms with Gasteiger partial charge in [0.05, 0.1) is 23.9 Å². The van der Waals surface area contributed by atoms with Crippen molar-refractivity contribution in [2.75, 3.05) is 7.11 Å². The van der Waals surface area contributed by atoms with E-state index in [1.807, 2.05) is 54.6 Å². The Morgan fingerprint density at radius 2 is 1.93 bits per heavy atom. The van der Waals surface area contributed by atoms with Crippen molar-refractivity contribution in [2.24, 2.45) is 0 Å². The van der Waals surface area contributed by atoms with Gasteiger partial charge >= 0.3 is 5.97 Å². The van der Waals surface area contributed by atoms with Crippen LogP contribution < -0.4 is 4.74 Å². The van der Waals surface area contributed by atoms with Crippen LogP contribution in [-0.4, -0.2) is 24.2 Å². The number of allylic oxidation sites excluding steroid dienone is 1. The van der Waals surface area contributed by atoms with Crippen LogP contribution >= 0.6 is 0 Å². The number of methoxy groups -OCH3 is 1. The zero-order chi connectivity index (χ0) is 20.4. The number of nitrogens with zero attached hydrogens (tertiary/aromatic N) is 2. The molecule has 0 N–H and O–H groups in total. The first kappa shape index (κ1) is 18.7. The molecule has 5 nitrogen and oxygen atoms in total. The number of rotatable bonds is 4. The SMILES string of the molecule is COc1ccc(/C=C2/CCc3c2nc2ccccc2c3C(=O)OC(C)C#N)cc1. The summed E-state index contributed by atoms with van der Waals surface area (Å²) >= 11 is 0. The van der Waals surface area contributed by atoms with Crippen LogP contribution in [0.25, 0.3) is 22.6 Å². The predicted octanol–water partition coefficient (Wildman–Crippen LogP) is 4.80. The number of benzene rings is 2. The smallest absolute Gasteiger partial charge is 0.340 e. The number of aromatic nitrogens is 1. The standard InChI is InChI=1S/C24H20N2O3/c1-15(14-25)29-24(27)22-19-5-3-4-6-21(19)26-23-17(9-12-20(22)23)13-16-7-10-18(28-2)11-8-16/h3-8,10-11,13,15H,9,12H2,1-2H3/b17-13-. The maximum absolute atomic E-state index is 12.9. The topological polar surface area (TPSA) is 72.2 Å². The van der Waals surface area contributed by atoms with Crippen LogP contribution in [0.4, 0.5) is 0 Å². The maximum atomic E-state index is 12.9. The van der Waals surface area contributed by atoms with E-state index in [0.29, 0.717) is 12.0 Å². The molecule has 5 heteroatoms. The molecule has 29 heavy (non-hydrogen) atoms. The molecule has 1 aromatic heterocycles. The second kappa shape index (κ2) is 7.76. The van der Waals surface area contributed by atoms with Gasteiger partial charge in [-0.15, -0.1) is 0 Å². The third kappa shape index (κ3) is 3.57. The van der Waals surface area contributed by atoms with E-state index in [0.717, 1.165) is 45.5 Å². The number of carbonyl (C=O) groups is 1. The highest BCUT2D eigenvalue weighted by Gasteiger charge is 2.28. The average Bonchev–Trinajstić information content (AvgIpc) is 3.14. The van der Waals surface area contributed by atoms with E-state index < -0.39 is 12.1 Å². The van der Waals surface area contributed by atoms with E-state index >= 15 is 0 Å². The lowest BCUT2D eigenvalue weighted by Gasteiger charge is -2.13. The van der Waals surface area contributed by atoms with Gasteiger partial charge in [0.15, 0.2) is 6.10 Å². The van der Waals surface area contributed by atoms with Crippen LogP contribution in [0.1, 0.15) is 40.5 Å². The molecule has 0 spiro atoms. The van der Waals surface area contributed by atoms with Gasteiger partial charge in [0.1, 0.15) is 11.8 Å². The highest BCUT2D eigenvalue weighted by Crippen LogP contribution is 2.38. The molecule has 0 bridgehead atoms. The van der Waals surface area contributed by atoms with Crippen molar-refractivity contribution < 1.29 is 14.3 Å². The van der Waals surface area contributed by atoms with Gasteiger partial charge in [0.2, 0.25) is 0 Å². The minimum atomic E-state index is -0.805. The van der Waals surface area contributed by atoms with Gasteiger partial charge in [-0.2, -0.15) is 5.26 Å². The Balaban J connectivity index is 1.83. The summed E-state index contributed by atoms with van der Waals surface area (Å²) in [5.41, 5.74) is 5.11. The lowest BCUT2D eigenvalue weighted by atomic mass is 10.0. The Morgan fingerprint density at radius 3 is 2.66 bits per heavy atom. The Kier molecular flexibility index (Phi) is 5.01. The summed E-state index contributed by atoms with van der Waals surface area (Å²) in [6.07, 6.45) is 2.79. The molecule has 144 valence electrons. The van der Waals surface area contributed by atoms with Gasteiger partial charge in [0, 0.05) is 5.39 Å². The number of fused-ring (bicyclic) bond motifs is 2. The number of hydrogen-bond acceptors (Lipinski definition) is 5. The van der Waals surface area contributed by atoms with E-state index in [1.165, 1.54) is 0 Å². The zero-order valence-corrected chi connectivity index (χ0v) is 16.3. The highest BCUT2D eigenvalue weighted by molar-refractivity contribution is 6.07. The predicted molar refractivity (Wildman–Crippen MR) is 111 cm³/mol. The van der Waals surface area contributed by atoms with Crippen molar-refractivity contribution in [3.8, 4) is 11.8 Å². The number of pyridine rings is 1. The zero-order valence-electron chi connectivity index (χ0n) is 16.3. The van der Waals surface area contributed by atoms with Crippen molar-refractivity contribution >= 4 is 28.5 Å². The quantitative estimate of drug-likeness (QED) is 0.604. The molecule has 3 aromatic rings. The fourth-order valence-corrected chi connectivity index (χ4v) is 3.66. The van der Waals surface area contributed by atoms with Gasteiger partial charge in [-0.05, 0) is 60.7 Å². The molecule has 1 aliphatic carbocycles. The second-order valence-corrected chi connectivity index (χ2v) is 6.95. The third-order valence-electron chi connectivity index (χ3n) is 5.07. The van der Waals surface area contributed by atoms with Crippen molar-refractivity contribution in [2.45, 2.75) is 25.9 Å². The van der Waals surface area contributed by atoms with E-state index in [1.54, 1.807) is 14.0 Å². The fraction of sp³-hybridized carbons (Fsp3) is 0.208. The van der Waals surface area contributed by atoms with Crippen molar-refractivity contribution in [3.05, 3.63) is 70.9 Å². The van der Waals surface area contributed by atoms with E-state index in [-0.39, 0.29) is 0 Å². The summed E-state index contributed by atoms with van der Waals surface area (Å²) in [5, 5.41) is 9.78. The molecule has 0 aliphatic heterocycles. The number of hydrogen-bond donors (Lipinski definition) is 0. The van der Waals surface area contributed by atoms with Crippen molar-refractivity contribution in [1.82, 2.24) is 4.98 Å². The third-order valence-corrected chi connectivity index (χ3v) is 5.07. The molecule has 0 saturated heterocycles. The minimum absolute atomic E-state index is 0.473. The van der Waals surface area contributed by atoms with E-state index in [2.05, 4.69) is 6.08 Å². The van der Waals surface area contributed by atoms with Crippen LogP contribution in [0, 0.1) is 11.3 Å². The molecule has 1 heterocycles. The summed E-state index contributed by atoms with van der Waals surface area (Å²) in [6.45, 7) is 1.57. The van der Waals surface area contributed by atoms with Gasteiger partial charge in [0.25, 0.3) is 0 Å². The molecule has 0 saturated carbocycles. The van der Waals surface area contributed by atoms with Crippen LogP contribution in [0.3, 0.4) is 0 Å². The molecular weight excluding hydrogens is 364 g/mol. The number of esters is 1. The summed E-state index contributed by atoms with van der Waals surface area (Å²) in [5.74, 6) is 0.333. The van der Waals surface area contributed by atoms with E-state index in [9.17, 15) is 4.79 Å². The number of ether oxygens (including phenoxy) is 2. The molecule has 0 fully saturated rings. The molecule has 4 rings (SSSR count). The number of carbonyl (C=O) groups excluding carboxylic acids is 1. The Labute approximate surface area is 169 Å². The molecule has 1 unspecified atom stereocenters. The first-order valence-corrected chi connectivity index (χ1v) is 9.48. The Hall–Kier alpha value is -3.65. The largest absolute Gasteiger partial charge is 0.497 e. The van der Waals surface area contributed by atoms with Crippen molar-refractivity contribution in [3.63, 3.8) is 0 Å². The monoisotopic (exact) mass is 384 g/mol. The summed E-state index contributed by atoms with van der Waals surface area (Å²) in [6, 6.07) is 17.3. The Morgan fingerprint density at radius 1 is 1.17 bits per heavy atom. The van der Waals surface area contributed by atoms with Gasteiger partial charge < -0.3 is 9.47 Å². The van der Waals surface area contributed by atoms with E-state index in [4.69, 9.17) is 19.7 Å². The number of nitriles is 1. The summed E-state index contributed by atoms with van der Waals surface area (Å²) in [7, 11) is 1.64. The van der Waals surface area contributed by atoms with Gasteiger partial charge in [-0.1, -0.05) is 30.3 Å². The normalized spacial score (nSPS) is 15.0. The van der Waals surface area contributed by atoms with Crippen LogP contribution in [0.2, 0.25) is 0 Å². The minimum Gasteiger partial charge on any atom is -0.497 e. The molecule has 0 amide bonds. The van der Waals surface area contributed by atoms with Crippen LogP contribution in [-0.2, 0) is 11.2 Å². The summed E-state index contributed by atoms with van der Waals surface area (Å²) < 4.78 is 10.6. The van der Waals surface area contributed by atoms with Crippen LogP contribution in [0.15, 0.2) is 48.5 Å². The lowest BCUT2D eigenvalue weighted by Crippen LogP contribution is -2.16. The maximum Gasteiger partial charge on any atom is 0.340 e. The van der Waals surface area contributed by atoms with Crippen LogP contribution in [0.5, 0.6) is 5.75 Å². The fourth-order valence-electron chi connectivity index (χ4n) is 3.66. The summed E-state index contributed by atoms with van der Waals surface area (Å²) in [4.78, 5) is 17.7. The van der Waals surface area contributed by atoms with Gasteiger partial charge in [-0.3, -0.25) is 0 Å². The number of para-hydroxylation sites is 1. The second-order valence-electron chi connectivity index (χ2n) is 6.95. The average molecular weight is 384 g/mol. The molecule has 1 aliphatic rings. The van der Waals surface area contributed by atoms with Gasteiger partial charge in [-0.25, -0.2) is 9.78 Å². The lowest BCUT2D eigenvalue weighted by molar-refractivity contribution is 0.0436. The molecular formula is C24H20N2O3. The Bertz CT molecular complexity index is 1160. The highest BCUT2D eigenvalue weighted by atomic mass is 16.5. The molecule has 0 radical (unpaired) electrons. The molecule has 2 aromatic carbocycles. The first-order chi connectivity index (χ1) is 14.1. The first-order valence-electron chi connectivity index (χ1n) is 9.48.